The van der Waals surface area contributed by atoms with Gasteiger partial charge in [0, 0.05) is 13.1 Å². The third-order valence-corrected chi connectivity index (χ3v) is 3.76. The van der Waals surface area contributed by atoms with Crippen LogP contribution in [0.15, 0.2) is 0 Å². The van der Waals surface area contributed by atoms with Gasteiger partial charge in [0.2, 0.25) is 5.91 Å². The number of nitrogens with one attached hydrogen (secondary N) is 1. The molecule has 1 amide bonds. The van der Waals surface area contributed by atoms with Crippen LogP contribution in [0, 0.1) is 12.3 Å². The second-order valence-electron chi connectivity index (χ2n) is 5.44. The summed E-state index contributed by atoms with van der Waals surface area (Å²) in [6.07, 6.45) is 7.67. The number of carbonyl (C=O) groups is 1. The molecule has 2 N–H and O–H groups in total. The van der Waals surface area contributed by atoms with Crippen molar-refractivity contribution in [2.24, 2.45) is 0 Å². The van der Waals surface area contributed by atoms with Gasteiger partial charge in [-0.1, -0.05) is 19.8 Å². The molecule has 0 radical (unpaired) electrons. The van der Waals surface area contributed by atoms with E-state index in [1.165, 1.54) is 0 Å². The molecule has 1 atom stereocenters. The standard InChI is InChI=1S/C14H24N2O2/c1-5-14(6-2,7-3)15-12(17)10-16-9-8-13(4,18)11-16/h1,18H,6-11H2,2-4H3,(H,15,17). The lowest BCUT2D eigenvalue weighted by Gasteiger charge is -2.28. The fourth-order valence-electron chi connectivity index (χ4n) is 2.35. The molecule has 1 heterocycles. The molecule has 1 fully saturated rings. The minimum absolute atomic E-state index is 0.0608. The Kier molecular flexibility index (Phi) is 4.78. The molecule has 1 aliphatic rings. The SMILES string of the molecule is C#CC(CC)(CC)NC(=O)CN1CCC(C)(O)C1. The topological polar surface area (TPSA) is 52.6 Å². The van der Waals surface area contributed by atoms with Crippen LogP contribution in [-0.4, -0.2) is 46.7 Å². The van der Waals surface area contributed by atoms with E-state index in [4.69, 9.17) is 6.42 Å². The summed E-state index contributed by atoms with van der Waals surface area (Å²) < 4.78 is 0. The van der Waals surface area contributed by atoms with E-state index < -0.39 is 11.1 Å². The molecule has 0 aromatic carbocycles. The van der Waals surface area contributed by atoms with E-state index in [0.717, 1.165) is 19.4 Å². The zero-order valence-electron chi connectivity index (χ0n) is 11.6. The summed E-state index contributed by atoms with van der Waals surface area (Å²) in [4.78, 5) is 13.9. The number of hydrogen-bond donors (Lipinski definition) is 2. The van der Waals surface area contributed by atoms with Gasteiger partial charge in [-0.25, -0.2) is 0 Å². The van der Waals surface area contributed by atoms with Crippen LogP contribution >= 0.6 is 0 Å². The van der Waals surface area contributed by atoms with Crippen LogP contribution in [0.1, 0.15) is 40.0 Å². The molecule has 0 aliphatic carbocycles. The highest BCUT2D eigenvalue weighted by molar-refractivity contribution is 5.79. The van der Waals surface area contributed by atoms with Crippen molar-refractivity contribution in [2.75, 3.05) is 19.6 Å². The zero-order valence-corrected chi connectivity index (χ0v) is 11.6. The Morgan fingerprint density at radius 3 is 2.56 bits per heavy atom. The Hall–Kier alpha value is -1.05. The lowest BCUT2D eigenvalue weighted by molar-refractivity contribution is -0.123. The first-order chi connectivity index (χ1) is 8.36. The molecule has 0 saturated carbocycles. The first kappa shape index (κ1) is 15.0. The Labute approximate surface area is 110 Å². The summed E-state index contributed by atoms with van der Waals surface area (Å²) in [6.45, 7) is 7.35. The van der Waals surface area contributed by atoms with Gasteiger partial charge in [-0.3, -0.25) is 9.69 Å². The predicted molar refractivity (Wildman–Crippen MR) is 72.0 cm³/mol. The molecule has 1 saturated heterocycles. The third kappa shape index (κ3) is 3.72. The van der Waals surface area contributed by atoms with E-state index in [1.54, 1.807) is 6.92 Å². The Balaban J connectivity index is 2.50. The maximum absolute atomic E-state index is 12.0. The van der Waals surface area contributed by atoms with Crippen molar-refractivity contribution in [3.05, 3.63) is 0 Å². The van der Waals surface area contributed by atoms with Crippen molar-refractivity contribution in [3.8, 4) is 12.3 Å². The zero-order chi connectivity index (χ0) is 13.8. The van der Waals surface area contributed by atoms with Crippen LogP contribution < -0.4 is 5.32 Å². The number of nitrogens with zero attached hydrogens (tertiary/aromatic N) is 1. The lowest BCUT2D eigenvalue weighted by atomic mass is 9.94. The van der Waals surface area contributed by atoms with Crippen LogP contribution in [0.25, 0.3) is 0 Å². The summed E-state index contributed by atoms with van der Waals surface area (Å²) in [5.41, 5.74) is -1.20. The summed E-state index contributed by atoms with van der Waals surface area (Å²) in [5, 5.41) is 12.8. The molecule has 0 aromatic heterocycles. The third-order valence-electron chi connectivity index (χ3n) is 3.76. The quantitative estimate of drug-likeness (QED) is 0.710. The van der Waals surface area contributed by atoms with Crippen molar-refractivity contribution < 1.29 is 9.90 Å². The molecule has 0 bridgehead atoms. The minimum Gasteiger partial charge on any atom is -0.389 e. The van der Waals surface area contributed by atoms with Crippen LogP contribution in [0.2, 0.25) is 0 Å². The van der Waals surface area contributed by atoms with Crippen LogP contribution in [0.5, 0.6) is 0 Å². The largest absolute Gasteiger partial charge is 0.389 e. The normalized spacial score (nSPS) is 24.8. The second-order valence-corrected chi connectivity index (χ2v) is 5.44. The van der Waals surface area contributed by atoms with E-state index in [2.05, 4.69) is 11.2 Å². The summed E-state index contributed by atoms with van der Waals surface area (Å²) in [5.74, 6) is 2.63. The molecule has 18 heavy (non-hydrogen) atoms. The minimum atomic E-state index is -0.668. The second kappa shape index (κ2) is 5.73. The van der Waals surface area contributed by atoms with Crippen LogP contribution in [-0.2, 0) is 4.79 Å². The molecule has 0 spiro atoms. The van der Waals surface area contributed by atoms with Gasteiger partial charge in [0.1, 0.15) is 5.54 Å². The monoisotopic (exact) mass is 252 g/mol. The van der Waals surface area contributed by atoms with E-state index in [9.17, 15) is 9.90 Å². The maximum Gasteiger partial charge on any atom is 0.235 e. The number of hydrogen-bond acceptors (Lipinski definition) is 3. The number of terminal acetylenes is 1. The maximum atomic E-state index is 12.0. The molecule has 102 valence electrons. The molecular weight excluding hydrogens is 228 g/mol. The molecule has 1 unspecified atom stereocenters. The van der Waals surface area contributed by atoms with Gasteiger partial charge in [-0.15, -0.1) is 6.42 Å². The number of rotatable bonds is 5. The number of likely N-dealkylation sites (tertiary alicyclic amines) is 1. The Morgan fingerprint density at radius 2 is 2.17 bits per heavy atom. The van der Waals surface area contributed by atoms with Gasteiger partial charge in [-0.2, -0.15) is 0 Å². The number of amides is 1. The summed E-state index contributed by atoms with van der Waals surface area (Å²) in [7, 11) is 0. The average molecular weight is 252 g/mol. The lowest BCUT2D eigenvalue weighted by Crippen LogP contribution is -2.50. The average Bonchev–Trinajstić information content (AvgIpc) is 2.65. The van der Waals surface area contributed by atoms with Crippen molar-refractivity contribution in [3.63, 3.8) is 0 Å². The van der Waals surface area contributed by atoms with Gasteiger partial charge < -0.3 is 10.4 Å². The molecule has 0 aromatic rings. The molecule has 1 aliphatic heterocycles. The van der Waals surface area contributed by atoms with Gasteiger partial charge >= 0.3 is 0 Å². The first-order valence-corrected chi connectivity index (χ1v) is 6.60. The highest BCUT2D eigenvalue weighted by atomic mass is 16.3. The van der Waals surface area contributed by atoms with Gasteiger partial charge in [0.25, 0.3) is 0 Å². The Bertz CT molecular complexity index is 340. The van der Waals surface area contributed by atoms with Crippen LogP contribution in [0.3, 0.4) is 0 Å². The Morgan fingerprint density at radius 1 is 1.56 bits per heavy atom. The van der Waals surface area contributed by atoms with Gasteiger partial charge in [0.15, 0.2) is 0 Å². The van der Waals surface area contributed by atoms with Crippen molar-refractivity contribution in [1.29, 1.82) is 0 Å². The van der Waals surface area contributed by atoms with Gasteiger partial charge in [-0.05, 0) is 26.2 Å². The van der Waals surface area contributed by atoms with E-state index in [1.807, 2.05) is 18.7 Å². The number of aliphatic hydroxyl groups is 1. The highest BCUT2D eigenvalue weighted by Crippen LogP contribution is 2.20. The van der Waals surface area contributed by atoms with E-state index in [-0.39, 0.29) is 5.91 Å². The summed E-state index contributed by atoms with van der Waals surface area (Å²) >= 11 is 0. The van der Waals surface area contributed by atoms with Gasteiger partial charge in [0.05, 0.1) is 12.1 Å². The number of β-amino-alcohol motifs (C(OH)–C–C–N with tert-alkyl or cyclic N) is 1. The number of carbonyl (C=O) groups excluding carboxylic acids is 1. The van der Waals surface area contributed by atoms with Crippen molar-refractivity contribution in [1.82, 2.24) is 10.2 Å². The molecule has 1 rings (SSSR count). The predicted octanol–water partition coefficient (Wildman–Crippen LogP) is 0.751. The van der Waals surface area contributed by atoms with Crippen molar-refractivity contribution >= 4 is 5.91 Å². The van der Waals surface area contributed by atoms with E-state index >= 15 is 0 Å². The van der Waals surface area contributed by atoms with E-state index in [0.29, 0.717) is 19.5 Å². The van der Waals surface area contributed by atoms with Crippen LogP contribution in [0.4, 0.5) is 0 Å². The van der Waals surface area contributed by atoms with Crippen molar-refractivity contribution in [2.45, 2.75) is 51.2 Å². The fraction of sp³-hybridized carbons (Fsp3) is 0.786. The fourth-order valence-corrected chi connectivity index (χ4v) is 2.35. The molecular formula is C14H24N2O2. The smallest absolute Gasteiger partial charge is 0.235 e. The molecule has 4 heteroatoms. The molecule has 4 nitrogen and oxygen atoms in total. The highest BCUT2D eigenvalue weighted by Gasteiger charge is 2.33. The summed E-state index contributed by atoms with van der Waals surface area (Å²) in [6, 6.07) is 0. The first-order valence-electron chi connectivity index (χ1n) is 6.60.